The highest BCUT2D eigenvalue weighted by molar-refractivity contribution is 7.99. The van der Waals surface area contributed by atoms with Crippen LogP contribution in [0.3, 0.4) is 0 Å². The van der Waals surface area contributed by atoms with Gasteiger partial charge in [0.1, 0.15) is 18.0 Å². The number of methoxy groups -OCH3 is 1. The molecule has 3 aromatic rings. The average molecular weight is 441 g/mol. The van der Waals surface area contributed by atoms with Gasteiger partial charge in [-0.05, 0) is 30.3 Å². The van der Waals surface area contributed by atoms with Crippen LogP contribution in [0, 0.1) is 5.92 Å². The first kappa shape index (κ1) is 19.3. The molecule has 154 valence electrons. The molecule has 8 heteroatoms. The third-order valence-electron chi connectivity index (χ3n) is 5.44. The number of carbonyl (C=O) groups is 1. The SMILES string of the molecule is COc1ccc(NC(=O)Cn2c3c(sc2=O)[C@@H]2c4ccccc4OC[C@@H]2CS3)cc1. The Kier molecular flexibility index (Phi) is 5.04. The fourth-order valence-electron chi connectivity index (χ4n) is 4.01. The van der Waals surface area contributed by atoms with Gasteiger partial charge in [0.25, 0.3) is 0 Å². The van der Waals surface area contributed by atoms with Crippen molar-refractivity contribution in [1.29, 1.82) is 0 Å². The van der Waals surface area contributed by atoms with Gasteiger partial charge < -0.3 is 14.8 Å². The predicted octanol–water partition coefficient (Wildman–Crippen LogP) is 3.80. The van der Waals surface area contributed by atoms with E-state index in [1.165, 1.54) is 11.3 Å². The van der Waals surface area contributed by atoms with Crippen molar-refractivity contribution in [3.8, 4) is 11.5 Å². The summed E-state index contributed by atoms with van der Waals surface area (Å²) < 4.78 is 12.7. The molecule has 6 nitrogen and oxygen atoms in total. The summed E-state index contributed by atoms with van der Waals surface area (Å²) in [4.78, 5) is 26.4. The second-order valence-corrected chi connectivity index (χ2v) is 9.30. The Balaban J connectivity index is 1.42. The normalized spacial score (nSPS) is 19.1. The van der Waals surface area contributed by atoms with E-state index in [2.05, 4.69) is 11.4 Å². The Hall–Kier alpha value is -2.71. The number of ether oxygens (including phenoxy) is 2. The largest absolute Gasteiger partial charge is 0.497 e. The van der Waals surface area contributed by atoms with Crippen LogP contribution in [0.1, 0.15) is 16.4 Å². The average Bonchev–Trinajstić information content (AvgIpc) is 3.09. The van der Waals surface area contributed by atoms with Gasteiger partial charge in [-0.15, -0.1) is 11.8 Å². The van der Waals surface area contributed by atoms with Crippen molar-refractivity contribution in [1.82, 2.24) is 4.57 Å². The van der Waals surface area contributed by atoms with E-state index in [1.54, 1.807) is 47.7 Å². The molecule has 0 saturated heterocycles. The van der Waals surface area contributed by atoms with Crippen molar-refractivity contribution in [3.63, 3.8) is 0 Å². The Labute approximate surface area is 181 Å². The van der Waals surface area contributed by atoms with Crippen LogP contribution >= 0.6 is 23.1 Å². The number of rotatable bonds is 4. The molecule has 1 N–H and O–H groups in total. The van der Waals surface area contributed by atoms with E-state index in [4.69, 9.17) is 9.47 Å². The maximum absolute atomic E-state index is 12.8. The number of nitrogens with one attached hydrogen (secondary N) is 1. The summed E-state index contributed by atoms with van der Waals surface area (Å²) in [6.45, 7) is 0.650. The lowest BCUT2D eigenvalue weighted by atomic mass is 9.84. The van der Waals surface area contributed by atoms with E-state index in [0.29, 0.717) is 18.2 Å². The van der Waals surface area contributed by atoms with Crippen LogP contribution in [-0.4, -0.2) is 29.9 Å². The van der Waals surface area contributed by atoms with Crippen LogP contribution in [0.4, 0.5) is 5.69 Å². The summed E-state index contributed by atoms with van der Waals surface area (Å²) in [5, 5.41) is 3.77. The van der Waals surface area contributed by atoms with Crippen LogP contribution in [0.5, 0.6) is 11.5 Å². The maximum atomic E-state index is 12.8. The standard InChI is InChI=1S/C22H20N2O4S2/c1-27-15-8-6-14(7-9-15)23-18(25)10-24-21-20(30-22(24)26)19-13(12-29-21)11-28-17-5-3-2-4-16(17)19/h2-9,13,19H,10-12H2,1H3,(H,23,25)/t13-,19+/m1/s1. The van der Waals surface area contributed by atoms with E-state index >= 15 is 0 Å². The number of thiazole rings is 1. The fraction of sp³-hybridized carbons (Fsp3) is 0.273. The van der Waals surface area contributed by atoms with Crippen LogP contribution < -0.4 is 19.7 Å². The fourth-order valence-corrected chi connectivity index (χ4v) is 6.70. The first-order valence-corrected chi connectivity index (χ1v) is 11.5. The summed E-state index contributed by atoms with van der Waals surface area (Å²) in [5.41, 5.74) is 1.80. The predicted molar refractivity (Wildman–Crippen MR) is 118 cm³/mol. The molecule has 0 bridgehead atoms. The summed E-state index contributed by atoms with van der Waals surface area (Å²) in [5.74, 6) is 2.73. The first-order valence-electron chi connectivity index (χ1n) is 9.66. The molecule has 0 spiro atoms. The second kappa shape index (κ2) is 7.85. The molecule has 2 aliphatic heterocycles. The van der Waals surface area contributed by atoms with Crippen molar-refractivity contribution >= 4 is 34.7 Å². The molecule has 3 heterocycles. The number of hydrogen-bond donors (Lipinski definition) is 1. The van der Waals surface area contributed by atoms with Gasteiger partial charge >= 0.3 is 4.87 Å². The highest BCUT2D eigenvalue weighted by Crippen LogP contribution is 2.50. The molecular formula is C22H20N2O4S2. The van der Waals surface area contributed by atoms with E-state index in [1.807, 2.05) is 18.2 Å². The van der Waals surface area contributed by atoms with E-state index in [-0.39, 0.29) is 23.2 Å². The van der Waals surface area contributed by atoms with Crippen LogP contribution in [0.25, 0.3) is 0 Å². The Bertz CT molecular complexity index is 1150. The molecule has 0 unspecified atom stereocenters. The molecule has 2 atom stereocenters. The third-order valence-corrected chi connectivity index (χ3v) is 7.94. The van der Waals surface area contributed by atoms with Crippen molar-refractivity contribution in [3.05, 3.63) is 68.6 Å². The number of fused-ring (bicyclic) bond motifs is 5. The van der Waals surface area contributed by atoms with Gasteiger partial charge in [-0.1, -0.05) is 29.5 Å². The van der Waals surface area contributed by atoms with Gasteiger partial charge in [-0.25, -0.2) is 0 Å². The van der Waals surface area contributed by atoms with Gasteiger partial charge in [0.15, 0.2) is 0 Å². The van der Waals surface area contributed by atoms with Crippen molar-refractivity contribution < 1.29 is 14.3 Å². The van der Waals surface area contributed by atoms with Gasteiger partial charge in [-0.3, -0.25) is 14.2 Å². The topological polar surface area (TPSA) is 69.6 Å². The summed E-state index contributed by atoms with van der Waals surface area (Å²) >= 11 is 2.90. The van der Waals surface area contributed by atoms with Gasteiger partial charge in [0.2, 0.25) is 5.91 Å². The van der Waals surface area contributed by atoms with Crippen LogP contribution in [0.15, 0.2) is 58.4 Å². The second-order valence-electron chi connectivity index (χ2n) is 7.30. The highest BCUT2D eigenvalue weighted by atomic mass is 32.2. The number of aromatic nitrogens is 1. The van der Waals surface area contributed by atoms with Gasteiger partial charge in [0.05, 0.1) is 18.7 Å². The zero-order valence-electron chi connectivity index (χ0n) is 16.3. The minimum atomic E-state index is -0.224. The Morgan fingerprint density at radius 3 is 2.83 bits per heavy atom. The monoisotopic (exact) mass is 440 g/mol. The van der Waals surface area contributed by atoms with E-state index in [0.717, 1.165) is 32.7 Å². The minimum Gasteiger partial charge on any atom is -0.497 e. The highest BCUT2D eigenvalue weighted by Gasteiger charge is 2.39. The molecule has 30 heavy (non-hydrogen) atoms. The maximum Gasteiger partial charge on any atom is 0.308 e. The number of benzene rings is 2. The zero-order chi connectivity index (χ0) is 20.7. The number of nitrogens with zero attached hydrogens (tertiary/aromatic N) is 1. The summed E-state index contributed by atoms with van der Waals surface area (Å²) in [6, 6.07) is 15.2. The number of carbonyl (C=O) groups excluding carboxylic acids is 1. The van der Waals surface area contributed by atoms with E-state index in [9.17, 15) is 9.59 Å². The molecular weight excluding hydrogens is 420 g/mol. The lowest BCUT2D eigenvalue weighted by Gasteiger charge is -2.36. The quantitative estimate of drug-likeness (QED) is 0.668. The summed E-state index contributed by atoms with van der Waals surface area (Å²) in [7, 11) is 1.60. The molecule has 2 aliphatic rings. The van der Waals surface area contributed by atoms with Crippen molar-refractivity contribution in [2.24, 2.45) is 5.92 Å². The first-order chi connectivity index (χ1) is 14.6. The number of thioether (sulfide) groups is 1. The summed E-state index contributed by atoms with van der Waals surface area (Å²) in [6.07, 6.45) is 0. The third kappa shape index (κ3) is 3.40. The number of anilines is 1. The van der Waals surface area contributed by atoms with Crippen molar-refractivity contribution in [2.75, 3.05) is 24.8 Å². The van der Waals surface area contributed by atoms with Crippen LogP contribution in [-0.2, 0) is 11.3 Å². The van der Waals surface area contributed by atoms with Gasteiger partial charge in [0, 0.05) is 33.7 Å². The molecule has 0 saturated carbocycles. The lowest BCUT2D eigenvalue weighted by Crippen LogP contribution is -2.31. The van der Waals surface area contributed by atoms with Crippen LogP contribution in [0.2, 0.25) is 0 Å². The number of hydrogen-bond acceptors (Lipinski definition) is 6. The molecule has 0 radical (unpaired) electrons. The molecule has 1 aromatic heterocycles. The van der Waals surface area contributed by atoms with Crippen molar-refractivity contribution in [2.45, 2.75) is 17.5 Å². The minimum absolute atomic E-state index is 0.000765. The number of amides is 1. The Morgan fingerprint density at radius 1 is 1.23 bits per heavy atom. The lowest BCUT2D eigenvalue weighted by molar-refractivity contribution is -0.116. The van der Waals surface area contributed by atoms with Gasteiger partial charge in [-0.2, -0.15) is 0 Å². The molecule has 5 rings (SSSR count). The number of para-hydroxylation sites is 1. The molecule has 0 fully saturated rings. The Morgan fingerprint density at radius 2 is 2.03 bits per heavy atom. The molecule has 0 aliphatic carbocycles. The zero-order valence-corrected chi connectivity index (χ0v) is 17.9. The van der Waals surface area contributed by atoms with E-state index < -0.39 is 0 Å². The molecule has 2 aromatic carbocycles. The smallest absolute Gasteiger partial charge is 0.308 e. The molecule has 1 amide bonds.